The molecule has 0 aliphatic heterocycles. The molecule has 0 radical (unpaired) electrons. The summed E-state index contributed by atoms with van der Waals surface area (Å²) in [5.74, 6) is 0.751. The number of aromatic nitrogens is 3. The van der Waals surface area contributed by atoms with Crippen molar-refractivity contribution in [1.82, 2.24) is 14.1 Å². The second-order valence-corrected chi connectivity index (χ2v) is 7.99. The maximum atomic E-state index is 4.65. The van der Waals surface area contributed by atoms with E-state index >= 15 is 0 Å². The van der Waals surface area contributed by atoms with Crippen molar-refractivity contribution >= 4 is 39.1 Å². The van der Waals surface area contributed by atoms with Gasteiger partial charge >= 0.3 is 0 Å². The van der Waals surface area contributed by atoms with E-state index in [0.717, 1.165) is 44.9 Å². The van der Waals surface area contributed by atoms with Crippen LogP contribution in [0, 0.1) is 20.8 Å². The largest absolute Gasteiger partial charge is 0.318 e. The summed E-state index contributed by atoms with van der Waals surface area (Å²) >= 11 is 3.64. The monoisotopic (exact) mass is 449 g/mol. The van der Waals surface area contributed by atoms with Gasteiger partial charge in [0.05, 0.1) is 17.2 Å². The van der Waals surface area contributed by atoms with Gasteiger partial charge in [0.1, 0.15) is 0 Å². The molecule has 0 fully saturated rings. The maximum Gasteiger partial charge on any atom is 0.224 e. The molecule has 0 aliphatic carbocycles. The van der Waals surface area contributed by atoms with Crippen molar-refractivity contribution in [3.05, 3.63) is 75.5 Å². The molecule has 29 heavy (non-hydrogen) atoms. The zero-order valence-corrected chi connectivity index (χ0v) is 18.7. The molecule has 0 spiro atoms. The first-order valence-electron chi connectivity index (χ1n) is 9.69. The molecule has 6 heteroatoms. The summed E-state index contributed by atoms with van der Waals surface area (Å²) in [4.78, 5) is 4.65. The van der Waals surface area contributed by atoms with Gasteiger partial charge in [-0.2, -0.15) is 5.10 Å². The van der Waals surface area contributed by atoms with Gasteiger partial charge in [-0.05, 0) is 63.6 Å². The van der Waals surface area contributed by atoms with Crippen molar-refractivity contribution in [2.75, 3.05) is 5.43 Å². The van der Waals surface area contributed by atoms with Gasteiger partial charge in [-0.15, -0.1) is 0 Å². The average Bonchev–Trinajstić information content (AvgIpc) is 3.20. The van der Waals surface area contributed by atoms with Gasteiger partial charge in [-0.3, -0.25) is 0 Å². The molecule has 0 unspecified atom stereocenters. The Bertz CT molecular complexity index is 1220. The van der Waals surface area contributed by atoms with E-state index in [1.54, 1.807) is 0 Å². The Hall–Kier alpha value is -2.86. The highest BCUT2D eigenvalue weighted by atomic mass is 79.9. The topological polar surface area (TPSA) is 47.1 Å². The minimum atomic E-state index is 0.751. The number of fused-ring (bicyclic) bond motifs is 1. The molecule has 0 bridgehead atoms. The third-order valence-electron chi connectivity index (χ3n) is 5.22. The molecule has 0 atom stereocenters. The molecule has 2 aromatic carbocycles. The van der Waals surface area contributed by atoms with Crippen LogP contribution in [0.4, 0.5) is 5.95 Å². The van der Waals surface area contributed by atoms with Crippen LogP contribution in [0.25, 0.3) is 16.7 Å². The molecule has 0 amide bonds. The van der Waals surface area contributed by atoms with Crippen LogP contribution in [0.1, 0.15) is 29.4 Å². The number of halogens is 1. The second kappa shape index (κ2) is 7.87. The van der Waals surface area contributed by atoms with Crippen LogP contribution >= 0.6 is 15.9 Å². The van der Waals surface area contributed by atoms with Crippen molar-refractivity contribution in [1.29, 1.82) is 0 Å². The molecule has 2 aromatic heterocycles. The average molecular weight is 450 g/mol. The summed E-state index contributed by atoms with van der Waals surface area (Å²) in [5, 5.41) is 4.48. The van der Waals surface area contributed by atoms with E-state index in [0.29, 0.717) is 0 Å². The van der Waals surface area contributed by atoms with Gasteiger partial charge in [0.2, 0.25) is 5.95 Å². The molecule has 4 aromatic rings. The van der Waals surface area contributed by atoms with Crippen molar-refractivity contribution in [2.24, 2.45) is 5.10 Å². The molecular formula is C23H24BrN5. The third kappa shape index (κ3) is 3.60. The summed E-state index contributed by atoms with van der Waals surface area (Å²) < 4.78 is 5.48. The van der Waals surface area contributed by atoms with Gasteiger partial charge in [0, 0.05) is 33.7 Å². The number of nitrogens with zero attached hydrogens (tertiary/aromatic N) is 4. The van der Waals surface area contributed by atoms with Crippen LogP contribution in [-0.4, -0.2) is 20.3 Å². The van der Waals surface area contributed by atoms with Crippen LogP contribution in [0.2, 0.25) is 0 Å². The van der Waals surface area contributed by atoms with Crippen molar-refractivity contribution in [2.45, 2.75) is 34.2 Å². The van der Waals surface area contributed by atoms with Crippen LogP contribution in [-0.2, 0) is 6.54 Å². The summed E-state index contributed by atoms with van der Waals surface area (Å²) in [6.45, 7) is 9.26. The zero-order chi connectivity index (χ0) is 20.5. The highest BCUT2D eigenvalue weighted by molar-refractivity contribution is 9.10. The number of anilines is 1. The standard InChI is InChI=1S/C23H24BrN5/c1-5-28-22-9-7-6-8-21(22)26-23(28)27-25-14-18-12-16(3)29(17(18)4)19-11-10-15(2)20(24)13-19/h6-14H,5H2,1-4H3,(H,26,27)/b25-14-. The molecule has 0 aliphatic rings. The van der Waals surface area contributed by atoms with Crippen molar-refractivity contribution < 1.29 is 0 Å². The minimum absolute atomic E-state index is 0.751. The zero-order valence-electron chi connectivity index (χ0n) is 17.1. The number of rotatable bonds is 5. The van der Waals surface area contributed by atoms with E-state index in [4.69, 9.17) is 0 Å². The van der Waals surface area contributed by atoms with E-state index in [1.807, 2.05) is 24.4 Å². The van der Waals surface area contributed by atoms with Gasteiger partial charge < -0.3 is 9.13 Å². The predicted molar refractivity (Wildman–Crippen MR) is 124 cm³/mol. The minimum Gasteiger partial charge on any atom is -0.318 e. The lowest BCUT2D eigenvalue weighted by Crippen LogP contribution is -2.02. The quantitative estimate of drug-likeness (QED) is 0.300. The van der Waals surface area contributed by atoms with Gasteiger partial charge in [0.25, 0.3) is 0 Å². The third-order valence-corrected chi connectivity index (χ3v) is 6.08. The van der Waals surface area contributed by atoms with E-state index in [-0.39, 0.29) is 0 Å². The first-order chi connectivity index (χ1) is 14.0. The fourth-order valence-corrected chi connectivity index (χ4v) is 4.04. The first kappa shape index (κ1) is 19.5. The number of aryl methyl sites for hydroxylation is 3. The van der Waals surface area contributed by atoms with Crippen molar-refractivity contribution in [3.63, 3.8) is 0 Å². The van der Waals surface area contributed by atoms with E-state index in [9.17, 15) is 0 Å². The Balaban J connectivity index is 1.62. The fourth-order valence-electron chi connectivity index (χ4n) is 3.68. The maximum absolute atomic E-state index is 4.65. The molecule has 2 heterocycles. The number of imidazole rings is 1. The highest BCUT2D eigenvalue weighted by Gasteiger charge is 2.11. The predicted octanol–water partition coefficient (Wildman–Crippen LogP) is 5.98. The van der Waals surface area contributed by atoms with Crippen LogP contribution in [0.3, 0.4) is 0 Å². The number of benzene rings is 2. The number of para-hydroxylation sites is 2. The lowest BCUT2D eigenvalue weighted by Gasteiger charge is -2.11. The molecule has 1 N–H and O–H groups in total. The Kier molecular flexibility index (Phi) is 5.28. The van der Waals surface area contributed by atoms with Gasteiger partial charge in [0.15, 0.2) is 0 Å². The number of hydrazone groups is 1. The molecule has 0 saturated heterocycles. The first-order valence-corrected chi connectivity index (χ1v) is 10.5. The molecule has 0 saturated carbocycles. The molecule has 4 rings (SSSR count). The molecular weight excluding hydrogens is 426 g/mol. The molecule has 148 valence electrons. The summed E-state index contributed by atoms with van der Waals surface area (Å²) in [6.07, 6.45) is 1.86. The normalized spacial score (nSPS) is 11.6. The summed E-state index contributed by atoms with van der Waals surface area (Å²) in [6, 6.07) is 16.7. The fraction of sp³-hybridized carbons (Fsp3) is 0.217. The smallest absolute Gasteiger partial charge is 0.224 e. The summed E-state index contributed by atoms with van der Waals surface area (Å²) in [7, 11) is 0. The van der Waals surface area contributed by atoms with E-state index < -0.39 is 0 Å². The van der Waals surface area contributed by atoms with Crippen LogP contribution in [0.5, 0.6) is 0 Å². The Morgan fingerprint density at radius 2 is 1.90 bits per heavy atom. The number of hydrogen-bond acceptors (Lipinski definition) is 3. The summed E-state index contributed by atoms with van der Waals surface area (Å²) in [5.41, 5.74) is 10.9. The Morgan fingerprint density at radius 3 is 2.66 bits per heavy atom. The van der Waals surface area contributed by atoms with Crippen LogP contribution in [0.15, 0.2) is 58.1 Å². The lowest BCUT2D eigenvalue weighted by atomic mass is 10.2. The number of nitrogens with one attached hydrogen (secondary N) is 1. The van der Waals surface area contributed by atoms with Crippen molar-refractivity contribution in [3.8, 4) is 5.69 Å². The van der Waals surface area contributed by atoms with E-state index in [1.165, 1.54) is 11.3 Å². The highest BCUT2D eigenvalue weighted by Crippen LogP contribution is 2.25. The SMILES string of the molecule is CCn1c(N/N=C\c2cc(C)n(-c3ccc(C)c(Br)c3)c2C)nc2ccccc21. The van der Waals surface area contributed by atoms with Gasteiger partial charge in [-0.25, -0.2) is 10.4 Å². The Morgan fingerprint density at radius 1 is 1.10 bits per heavy atom. The Labute approximate surface area is 179 Å². The van der Waals surface area contributed by atoms with Gasteiger partial charge in [-0.1, -0.05) is 34.1 Å². The van der Waals surface area contributed by atoms with Crippen LogP contribution < -0.4 is 5.43 Å². The lowest BCUT2D eigenvalue weighted by molar-refractivity contribution is 0.791. The van der Waals surface area contributed by atoms with E-state index in [2.05, 4.69) is 98.6 Å². The molecule has 5 nitrogen and oxygen atoms in total. The second-order valence-electron chi connectivity index (χ2n) is 7.13. The number of hydrogen-bond donors (Lipinski definition) is 1.